The van der Waals surface area contributed by atoms with E-state index in [0.29, 0.717) is 16.3 Å². The number of carbonyl (C=O) groups excluding carboxylic acids is 1. The number of carbonyl (C=O) groups is 1. The Balaban J connectivity index is 1.37. The summed E-state index contributed by atoms with van der Waals surface area (Å²) in [6.45, 7) is 0. The maximum absolute atomic E-state index is 14.1. The van der Waals surface area contributed by atoms with Crippen LogP contribution in [0.15, 0.2) is 36.8 Å². The van der Waals surface area contributed by atoms with Crippen molar-refractivity contribution in [1.29, 1.82) is 0 Å². The molecule has 3 aromatic rings. The van der Waals surface area contributed by atoms with E-state index in [1.54, 1.807) is 23.1 Å². The van der Waals surface area contributed by atoms with E-state index in [1.807, 2.05) is 13.2 Å². The van der Waals surface area contributed by atoms with Gasteiger partial charge in [-0.2, -0.15) is 22.5 Å². The maximum atomic E-state index is 14.1. The van der Waals surface area contributed by atoms with Crippen LogP contribution in [0, 0.1) is 5.82 Å². The van der Waals surface area contributed by atoms with Gasteiger partial charge in [0.05, 0.1) is 17.1 Å². The van der Waals surface area contributed by atoms with Gasteiger partial charge in [-0.3, -0.25) is 9.48 Å². The van der Waals surface area contributed by atoms with Crippen LogP contribution in [0.1, 0.15) is 41.8 Å². The summed E-state index contributed by atoms with van der Waals surface area (Å²) in [4.78, 5) is 18.3. The first-order valence-corrected chi connectivity index (χ1v) is 12.8. The Morgan fingerprint density at radius 1 is 1.27 bits per heavy atom. The lowest BCUT2D eigenvalue weighted by Crippen LogP contribution is -2.55. The van der Waals surface area contributed by atoms with Gasteiger partial charge in [-0.15, -0.1) is 11.3 Å². The van der Waals surface area contributed by atoms with Crippen LogP contribution in [-0.2, 0) is 22.1 Å². The van der Waals surface area contributed by atoms with Crippen LogP contribution >= 0.6 is 11.3 Å². The molecule has 1 aromatic carbocycles. The van der Waals surface area contributed by atoms with Gasteiger partial charge < -0.3 is 5.32 Å². The van der Waals surface area contributed by atoms with E-state index in [1.165, 1.54) is 30.5 Å². The monoisotopic (exact) mass is 490 g/mol. The zero-order valence-corrected chi connectivity index (χ0v) is 19.7. The zero-order valence-electron chi connectivity index (χ0n) is 18.0. The largest absolute Gasteiger partial charge is 0.325 e. The molecular formula is C21H23FN6O3S2. The van der Waals surface area contributed by atoms with Crippen LogP contribution in [-0.4, -0.2) is 46.5 Å². The minimum Gasteiger partial charge on any atom is -0.325 e. The van der Waals surface area contributed by atoms with Crippen LogP contribution in [0.25, 0.3) is 10.4 Å². The highest BCUT2D eigenvalue weighted by atomic mass is 32.2. The Bertz CT molecular complexity index is 1320. The quantitative estimate of drug-likeness (QED) is 0.572. The predicted molar refractivity (Wildman–Crippen MR) is 122 cm³/mol. The van der Waals surface area contributed by atoms with Crippen molar-refractivity contribution in [3.8, 4) is 10.4 Å². The normalized spacial score (nSPS) is 22.9. The zero-order chi connectivity index (χ0) is 23.3. The number of nitrogens with zero attached hydrogens (tertiary/aromatic N) is 4. The molecule has 0 spiro atoms. The third-order valence-corrected chi connectivity index (χ3v) is 8.72. The summed E-state index contributed by atoms with van der Waals surface area (Å²) >= 11 is 1.36. The molecule has 5 rings (SSSR count). The fraction of sp³-hybridized carbons (Fsp3) is 0.381. The highest BCUT2D eigenvalue weighted by Gasteiger charge is 2.41. The summed E-state index contributed by atoms with van der Waals surface area (Å²) in [6, 6.07) is 2.88. The van der Waals surface area contributed by atoms with E-state index < -0.39 is 28.2 Å². The first kappa shape index (κ1) is 22.1. The van der Waals surface area contributed by atoms with E-state index in [0.717, 1.165) is 27.6 Å². The second kappa shape index (κ2) is 8.28. The van der Waals surface area contributed by atoms with Crippen molar-refractivity contribution in [2.24, 2.45) is 7.05 Å². The van der Waals surface area contributed by atoms with Gasteiger partial charge in [0, 0.05) is 37.7 Å². The molecule has 2 fully saturated rings. The van der Waals surface area contributed by atoms with Crippen molar-refractivity contribution in [3.05, 3.63) is 53.2 Å². The summed E-state index contributed by atoms with van der Waals surface area (Å²) < 4.78 is 44.9. The van der Waals surface area contributed by atoms with Crippen molar-refractivity contribution in [3.63, 3.8) is 0 Å². The van der Waals surface area contributed by atoms with E-state index in [4.69, 9.17) is 0 Å². The number of rotatable bonds is 5. The predicted octanol–water partition coefficient (Wildman–Crippen LogP) is 2.78. The van der Waals surface area contributed by atoms with Crippen molar-refractivity contribution in [2.75, 3.05) is 12.4 Å². The lowest BCUT2D eigenvalue weighted by Gasteiger charge is -2.35. The molecule has 2 N–H and O–H groups in total. The second-order valence-electron chi connectivity index (χ2n) is 8.41. The highest BCUT2D eigenvalue weighted by molar-refractivity contribution is 7.87. The van der Waals surface area contributed by atoms with Gasteiger partial charge in [0.1, 0.15) is 16.9 Å². The highest BCUT2D eigenvalue weighted by Crippen LogP contribution is 2.42. The number of hydrogen-bond donors (Lipinski definition) is 2. The van der Waals surface area contributed by atoms with Gasteiger partial charge in [0.2, 0.25) is 5.91 Å². The summed E-state index contributed by atoms with van der Waals surface area (Å²) in [6.07, 6.45) is 7.31. The molecule has 1 saturated heterocycles. The molecule has 1 aliphatic carbocycles. The van der Waals surface area contributed by atoms with E-state index in [2.05, 4.69) is 20.1 Å². The molecule has 1 aliphatic heterocycles. The number of halogens is 1. The summed E-state index contributed by atoms with van der Waals surface area (Å²) in [7, 11) is -0.721. The molecule has 174 valence electrons. The van der Waals surface area contributed by atoms with Crippen LogP contribution in [0.3, 0.4) is 0 Å². The van der Waals surface area contributed by atoms with Gasteiger partial charge in [-0.25, -0.2) is 9.37 Å². The van der Waals surface area contributed by atoms with Gasteiger partial charge in [-0.1, -0.05) is 0 Å². The third kappa shape index (κ3) is 4.43. The van der Waals surface area contributed by atoms with Gasteiger partial charge in [-0.05, 0) is 48.9 Å². The lowest BCUT2D eigenvalue weighted by molar-refractivity contribution is -0.120. The standard InChI is InChI=1S/C21H23FN6O3S2/c1-27-11-13(9-24-27)19-10-23-21(32-19)17-8-18(28(2)33(30,31)26-17)20(29)25-14-5-6-16(22)15(7-14)12-3-4-12/h5-7,9-12,17-18,26H,3-4,8H2,1-2H3,(H,25,29). The Hall–Kier alpha value is -2.67. The molecule has 2 aliphatic rings. The SMILES string of the molecule is CN1C(C(=O)Nc2ccc(F)c(C3CC3)c2)CC(c2ncc(-c3cnn(C)c3)s2)NS1(=O)=O. The molecule has 2 aromatic heterocycles. The number of nitrogens with one attached hydrogen (secondary N) is 2. The number of benzene rings is 1. The van der Waals surface area contributed by atoms with Gasteiger partial charge >= 0.3 is 0 Å². The first-order chi connectivity index (χ1) is 15.7. The summed E-state index contributed by atoms with van der Waals surface area (Å²) in [5.74, 6) is -0.567. The number of likely N-dealkylation sites (N-methyl/N-ethyl adjacent to an activating group) is 1. The molecule has 1 amide bonds. The minimum atomic E-state index is -3.90. The van der Waals surface area contributed by atoms with Crippen molar-refractivity contribution < 1.29 is 17.6 Å². The molecule has 2 atom stereocenters. The van der Waals surface area contributed by atoms with Gasteiger partial charge in [0.15, 0.2) is 0 Å². The van der Waals surface area contributed by atoms with Crippen molar-refractivity contribution in [2.45, 2.75) is 37.3 Å². The number of hydrogen-bond acceptors (Lipinski definition) is 6. The second-order valence-corrected chi connectivity index (χ2v) is 11.2. The number of aromatic nitrogens is 3. The molecule has 0 bridgehead atoms. The smallest absolute Gasteiger partial charge is 0.280 e. The Kier molecular flexibility index (Phi) is 5.55. The average Bonchev–Trinajstić information content (AvgIpc) is 3.32. The molecule has 9 nitrogen and oxygen atoms in total. The maximum Gasteiger partial charge on any atom is 0.280 e. The van der Waals surface area contributed by atoms with Crippen molar-refractivity contribution in [1.82, 2.24) is 23.8 Å². The number of amides is 1. The molecule has 1 saturated carbocycles. The van der Waals surface area contributed by atoms with E-state index >= 15 is 0 Å². The fourth-order valence-electron chi connectivity index (χ4n) is 3.96. The molecule has 2 unspecified atom stereocenters. The molecular weight excluding hydrogens is 467 g/mol. The van der Waals surface area contributed by atoms with E-state index in [9.17, 15) is 17.6 Å². The van der Waals surface area contributed by atoms with Crippen LogP contribution in [0.2, 0.25) is 0 Å². The molecule has 3 heterocycles. The van der Waals surface area contributed by atoms with Crippen LogP contribution in [0.4, 0.5) is 10.1 Å². The number of aryl methyl sites for hydroxylation is 1. The first-order valence-electron chi connectivity index (χ1n) is 10.5. The summed E-state index contributed by atoms with van der Waals surface area (Å²) in [5, 5.41) is 7.49. The van der Waals surface area contributed by atoms with E-state index in [-0.39, 0.29) is 18.2 Å². The summed E-state index contributed by atoms with van der Waals surface area (Å²) in [5.41, 5.74) is 1.93. The Morgan fingerprint density at radius 3 is 2.76 bits per heavy atom. The molecule has 0 radical (unpaired) electrons. The number of thiazole rings is 1. The minimum absolute atomic E-state index is 0.187. The fourth-order valence-corrected chi connectivity index (χ4v) is 6.24. The number of anilines is 1. The van der Waals surface area contributed by atoms with Gasteiger partial charge in [0.25, 0.3) is 10.2 Å². The average molecular weight is 491 g/mol. The lowest BCUT2D eigenvalue weighted by atomic mass is 10.1. The third-order valence-electron chi connectivity index (χ3n) is 5.96. The molecule has 33 heavy (non-hydrogen) atoms. The Labute approximate surface area is 194 Å². The Morgan fingerprint density at radius 2 is 2.06 bits per heavy atom. The van der Waals surface area contributed by atoms with Crippen molar-refractivity contribution >= 4 is 33.1 Å². The van der Waals surface area contributed by atoms with Crippen LogP contribution in [0.5, 0.6) is 0 Å². The molecule has 12 heteroatoms. The van der Waals surface area contributed by atoms with Crippen LogP contribution < -0.4 is 10.0 Å². The topological polar surface area (TPSA) is 109 Å².